The summed E-state index contributed by atoms with van der Waals surface area (Å²) in [5, 5.41) is 8.32. The Morgan fingerprint density at radius 3 is 2.38 bits per heavy atom. The third kappa shape index (κ3) is 6.73. The van der Waals surface area contributed by atoms with Gasteiger partial charge in [-0.1, -0.05) is 12.8 Å². The van der Waals surface area contributed by atoms with Crippen LogP contribution in [-0.2, 0) is 4.79 Å². The van der Waals surface area contributed by atoms with E-state index in [2.05, 4.69) is 5.43 Å². The van der Waals surface area contributed by atoms with Crippen LogP contribution in [0.15, 0.2) is 24.3 Å². The average Bonchev–Trinajstić information content (AvgIpc) is 2.53. The van der Waals surface area contributed by atoms with E-state index in [0.29, 0.717) is 24.3 Å². The molecule has 7 nitrogen and oxygen atoms in total. The molecule has 0 aromatic heterocycles. The van der Waals surface area contributed by atoms with Gasteiger partial charge in [-0.2, -0.15) is 0 Å². The molecule has 0 aliphatic carbocycles. The lowest BCUT2D eigenvalue weighted by atomic mass is 10.1. The molecule has 7 heteroatoms. The number of ether oxygens (including phenoxy) is 1. The summed E-state index contributed by atoms with van der Waals surface area (Å²) in [7, 11) is 0. The van der Waals surface area contributed by atoms with Crippen molar-refractivity contribution in [1.29, 1.82) is 0 Å². The van der Waals surface area contributed by atoms with Gasteiger partial charge in [0.2, 0.25) is 5.91 Å². The van der Waals surface area contributed by atoms with Crippen LogP contribution in [0.1, 0.15) is 42.5 Å². The van der Waals surface area contributed by atoms with Gasteiger partial charge in [-0.25, -0.2) is 11.3 Å². The topological polar surface area (TPSA) is 114 Å². The van der Waals surface area contributed by atoms with Crippen LogP contribution in [0.4, 0.5) is 0 Å². The van der Waals surface area contributed by atoms with Crippen molar-refractivity contribution >= 4 is 11.8 Å². The highest BCUT2D eigenvalue weighted by atomic mass is 16.5. The molecule has 1 aromatic carbocycles. The van der Waals surface area contributed by atoms with Gasteiger partial charge < -0.3 is 4.74 Å². The average molecular weight is 295 g/mol. The van der Waals surface area contributed by atoms with Gasteiger partial charge in [0.15, 0.2) is 0 Å². The summed E-state index contributed by atoms with van der Waals surface area (Å²) >= 11 is 0. The van der Waals surface area contributed by atoms with Crippen LogP contribution in [0.5, 0.6) is 5.75 Å². The van der Waals surface area contributed by atoms with E-state index in [9.17, 15) is 9.59 Å². The van der Waals surface area contributed by atoms with Gasteiger partial charge in [0.05, 0.1) is 6.61 Å². The Bertz CT molecular complexity index is 448. The van der Waals surface area contributed by atoms with Crippen LogP contribution in [-0.4, -0.2) is 23.6 Å². The minimum absolute atomic E-state index is 0.335. The number of nitrogen functional groups attached to an aromatic ring is 1. The maximum atomic E-state index is 11.2. The van der Waals surface area contributed by atoms with Crippen LogP contribution in [0.25, 0.3) is 0 Å². The van der Waals surface area contributed by atoms with Crippen molar-refractivity contribution in [2.45, 2.75) is 32.1 Å². The summed E-state index contributed by atoms with van der Waals surface area (Å²) in [4.78, 5) is 22.0. The molecule has 1 aromatic rings. The number of rotatable bonds is 9. The predicted molar refractivity (Wildman–Crippen MR) is 76.6 cm³/mol. The first-order chi connectivity index (χ1) is 10.2. The lowest BCUT2D eigenvalue weighted by Crippen LogP contribution is -2.29. The molecular weight excluding hydrogens is 274 g/mol. The molecule has 21 heavy (non-hydrogen) atoms. The third-order valence-electron chi connectivity index (χ3n) is 2.94. The van der Waals surface area contributed by atoms with E-state index in [1.807, 2.05) is 0 Å². The van der Waals surface area contributed by atoms with Crippen molar-refractivity contribution in [1.82, 2.24) is 10.9 Å². The molecule has 0 aliphatic heterocycles. The number of hydrogen-bond acceptors (Lipinski definition) is 5. The zero-order valence-electron chi connectivity index (χ0n) is 11.8. The largest absolute Gasteiger partial charge is 0.494 e. The molecular formula is C14H21N3O4. The van der Waals surface area contributed by atoms with E-state index >= 15 is 0 Å². The molecule has 0 heterocycles. The number of unbranched alkanes of at least 4 members (excludes halogenated alkanes) is 3. The standard InChI is InChI=1S/C14H21N3O4/c15-16-14(19)11-6-8-12(9-7-11)21-10-4-2-1-3-5-13(18)17-20/h6-9,20H,1-5,10,15H2,(H,16,19)(H,17,18). The van der Waals surface area contributed by atoms with Crippen molar-refractivity contribution in [3.63, 3.8) is 0 Å². The van der Waals surface area contributed by atoms with E-state index in [4.69, 9.17) is 15.8 Å². The number of benzene rings is 1. The van der Waals surface area contributed by atoms with Crippen molar-refractivity contribution in [3.05, 3.63) is 29.8 Å². The smallest absolute Gasteiger partial charge is 0.265 e. The Morgan fingerprint density at radius 2 is 1.76 bits per heavy atom. The van der Waals surface area contributed by atoms with Gasteiger partial charge >= 0.3 is 0 Å². The molecule has 0 aliphatic rings. The number of hydroxylamine groups is 1. The fourth-order valence-corrected chi connectivity index (χ4v) is 1.77. The first-order valence-corrected chi connectivity index (χ1v) is 6.84. The van der Waals surface area contributed by atoms with Crippen molar-refractivity contribution in [2.24, 2.45) is 5.84 Å². The molecule has 0 radical (unpaired) electrons. The minimum Gasteiger partial charge on any atom is -0.494 e. The lowest BCUT2D eigenvalue weighted by Gasteiger charge is -2.07. The van der Waals surface area contributed by atoms with Crippen molar-refractivity contribution < 1.29 is 19.5 Å². The summed E-state index contributed by atoms with van der Waals surface area (Å²) in [5.41, 5.74) is 4.14. The molecule has 116 valence electrons. The van der Waals surface area contributed by atoms with Gasteiger partial charge in [-0.05, 0) is 37.1 Å². The fourth-order valence-electron chi connectivity index (χ4n) is 1.77. The van der Waals surface area contributed by atoms with Crippen LogP contribution in [0, 0.1) is 0 Å². The van der Waals surface area contributed by atoms with Gasteiger partial charge in [-0.15, -0.1) is 0 Å². The second-order valence-electron chi connectivity index (χ2n) is 4.55. The van der Waals surface area contributed by atoms with Crippen LogP contribution in [0.2, 0.25) is 0 Å². The molecule has 0 bridgehead atoms. The quantitative estimate of drug-likeness (QED) is 0.179. The number of carbonyl (C=O) groups excluding carboxylic acids is 2. The molecule has 0 unspecified atom stereocenters. The second kappa shape index (κ2) is 9.73. The van der Waals surface area contributed by atoms with Crippen LogP contribution >= 0.6 is 0 Å². The highest BCUT2D eigenvalue weighted by molar-refractivity contribution is 5.93. The minimum atomic E-state index is -0.354. The van der Waals surface area contributed by atoms with Gasteiger partial charge in [0.25, 0.3) is 5.91 Å². The number of nitrogens with two attached hydrogens (primary N) is 1. The number of hydrogen-bond donors (Lipinski definition) is 4. The zero-order chi connectivity index (χ0) is 15.5. The van der Waals surface area contributed by atoms with E-state index in [0.717, 1.165) is 25.7 Å². The first kappa shape index (κ1) is 16.9. The lowest BCUT2D eigenvalue weighted by molar-refractivity contribution is -0.129. The van der Waals surface area contributed by atoms with Gasteiger partial charge in [0.1, 0.15) is 5.75 Å². The Labute approximate surface area is 123 Å². The van der Waals surface area contributed by atoms with E-state index in [1.54, 1.807) is 29.7 Å². The van der Waals surface area contributed by atoms with E-state index < -0.39 is 0 Å². The molecule has 1 rings (SSSR count). The number of hydrazine groups is 1. The molecule has 0 saturated carbocycles. The van der Waals surface area contributed by atoms with Crippen LogP contribution in [0.3, 0.4) is 0 Å². The van der Waals surface area contributed by atoms with Gasteiger partial charge in [-0.3, -0.25) is 20.2 Å². The molecule has 0 fully saturated rings. The summed E-state index contributed by atoms with van der Waals surface area (Å²) in [6.07, 6.45) is 3.82. The number of carbonyl (C=O) groups is 2. The third-order valence-corrected chi connectivity index (χ3v) is 2.94. The van der Waals surface area contributed by atoms with Crippen molar-refractivity contribution in [3.8, 4) is 5.75 Å². The maximum absolute atomic E-state index is 11.2. The monoisotopic (exact) mass is 295 g/mol. The van der Waals surface area contributed by atoms with E-state index in [1.165, 1.54) is 0 Å². The Morgan fingerprint density at radius 1 is 1.10 bits per heavy atom. The van der Waals surface area contributed by atoms with Gasteiger partial charge in [0, 0.05) is 12.0 Å². The van der Waals surface area contributed by atoms with Crippen molar-refractivity contribution in [2.75, 3.05) is 6.61 Å². The Kier molecular flexibility index (Phi) is 7.85. The predicted octanol–water partition coefficient (Wildman–Crippen LogP) is 1.12. The zero-order valence-corrected chi connectivity index (χ0v) is 11.8. The molecule has 0 atom stereocenters. The van der Waals surface area contributed by atoms with Crippen LogP contribution < -0.4 is 21.5 Å². The SMILES string of the molecule is NNC(=O)c1ccc(OCCCCCCC(=O)NO)cc1. The molecule has 5 N–H and O–H groups in total. The summed E-state index contributed by atoms with van der Waals surface area (Å²) in [6, 6.07) is 6.72. The fraction of sp³-hybridized carbons (Fsp3) is 0.429. The van der Waals surface area contributed by atoms with E-state index in [-0.39, 0.29) is 11.8 Å². The number of nitrogens with one attached hydrogen (secondary N) is 2. The summed E-state index contributed by atoms with van der Waals surface area (Å²) < 4.78 is 5.54. The molecule has 0 spiro atoms. The maximum Gasteiger partial charge on any atom is 0.265 e. The normalized spacial score (nSPS) is 10.0. The summed E-state index contributed by atoms with van der Waals surface area (Å²) in [5.74, 6) is 5.04. The Balaban J connectivity index is 2.13. The summed E-state index contributed by atoms with van der Waals surface area (Å²) in [6.45, 7) is 0.578. The molecule has 2 amide bonds. The highest BCUT2D eigenvalue weighted by Gasteiger charge is 2.03. The number of amides is 2. The first-order valence-electron chi connectivity index (χ1n) is 6.84. The Hall–Kier alpha value is -2.12. The molecule has 0 saturated heterocycles. The second-order valence-corrected chi connectivity index (χ2v) is 4.55. The highest BCUT2D eigenvalue weighted by Crippen LogP contribution is 2.13.